The Bertz CT molecular complexity index is 1750. The van der Waals surface area contributed by atoms with E-state index in [0.717, 1.165) is 24.0 Å². The smallest absolute Gasteiger partial charge is 0.410 e. The molecule has 4 heterocycles. The first kappa shape index (κ1) is 37.5. The minimum atomic E-state index is -1.50. The summed E-state index contributed by atoms with van der Waals surface area (Å²) in [7, 11) is 0. The topological polar surface area (TPSA) is 187 Å². The summed E-state index contributed by atoms with van der Waals surface area (Å²) in [6, 6.07) is 7.86. The molecule has 282 valence electrons. The molecule has 2 aromatic rings. The van der Waals surface area contributed by atoms with Gasteiger partial charge in [-0.1, -0.05) is 63.1 Å². The predicted molar refractivity (Wildman–Crippen MR) is 192 cm³/mol. The van der Waals surface area contributed by atoms with Gasteiger partial charge in [-0.15, -0.1) is 0 Å². The number of hydrogen-bond acceptors (Lipinski definition) is 8. The Hall–Kier alpha value is -5.27. The molecular weight excluding hydrogens is 680 g/mol. The SMILES string of the molecule is CC(C)[C@@H](NC(=O)c1cccnc1)C(=O)N[C@H]1CCCCC/C=C\[C@H]2C[C@@]2(C(=O)O)NC(=O)[C@@H]2C[C@@H](OC(=O)N3CCc4ccccc4C3)CN2C1=O. The van der Waals surface area contributed by atoms with Crippen molar-refractivity contribution >= 4 is 35.7 Å². The van der Waals surface area contributed by atoms with Crippen LogP contribution in [0.5, 0.6) is 0 Å². The van der Waals surface area contributed by atoms with Crippen LogP contribution in [-0.2, 0) is 36.9 Å². The van der Waals surface area contributed by atoms with Gasteiger partial charge in [0.15, 0.2) is 0 Å². The lowest BCUT2D eigenvalue weighted by Crippen LogP contribution is -2.58. The first-order valence-corrected chi connectivity index (χ1v) is 18.5. The number of nitrogens with zero attached hydrogens (tertiary/aromatic N) is 3. The maximum atomic E-state index is 14.5. The second kappa shape index (κ2) is 16.2. The molecule has 4 N–H and O–H groups in total. The van der Waals surface area contributed by atoms with Gasteiger partial charge in [-0.3, -0.25) is 24.2 Å². The molecule has 3 aliphatic heterocycles. The van der Waals surface area contributed by atoms with Gasteiger partial charge in [-0.2, -0.15) is 0 Å². The van der Waals surface area contributed by atoms with E-state index in [-0.39, 0.29) is 37.3 Å². The Balaban J connectivity index is 1.23. The quantitative estimate of drug-likeness (QED) is 0.311. The van der Waals surface area contributed by atoms with E-state index in [4.69, 9.17) is 4.74 Å². The largest absolute Gasteiger partial charge is 0.479 e. The molecule has 6 rings (SSSR count). The fourth-order valence-corrected chi connectivity index (χ4v) is 7.53. The highest BCUT2D eigenvalue weighted by Crippen LogP contribution is 2.45. The van der Waals surface area contributed by atoms with Gasteiger partial charge in [0.05, 0.1) is 12.1 Å². The lowest BCUT2D eigenvalue weighted by molar-refractivity contribution is -0.146. The summed E-state index contributed by atoms with van der Waals surface area (Å²) in [6.45, 7) is 4.27. The summed E-state index contributed by atoms with van der Waals surface area (Å²) in [4.78, 5) is 88.1. The summed E-state index contributed by atoms with van der Waals surface area (Å²) < 4.78 is 5.93. The van der Waals surface area contributed by atoms with E-state index in [0.29, 0.717) is 32.4 Å². The third-order valence-corrected chi connectivity index (χ3v) is 10.8. The highest BCUT2D eigenvalue weighted by molar-refractivity contribution is 5.99. The maximum Gasteiger partial charge on any atom is 0.410 e. The number of carbonyl (C=O) groups excluding carboxylic acids is 5. The number of hydrogen-bond donors (Lipinski definition) is 4. The van der Waals surface area contributed by atoms with Crippen molar-refractivity contribution in [2.75, 3.05) is 13.1 Å². The maximum absolute atomic E-state index is 14.5. The molecule has 14 nitrogen and oxygen atoms in total. The number of carbonyl (C=O) groups is 6. The number of fused-ring (bicyclic) bond motifs is 3. The van der Waals surface area contributed by atoms with Crippen LogP contribution in [-0.4, -0.2) is 98.4 Å². The van der Waals surface area contributed by atoms with Crippen molar-refractivity contribution in [2.24, 2.45) is 11.8 Å². The number of carboxylic acids is 1. The molecule has 0 unspecified atom stereocenters. The molecule has 14 heteroatoms. The highest BCUT2D eigenvalue weighted by Gasteiger charge is 2.61. The molecule has 2 fully saturated rings. The molecule has 1 aliphatic carbocycles. The van der Waals surface area contributed by atoms with Crippen LogP contribution < -0.4 is 16.0 Å². The van der Waals surface area contributed by atoms with Crippen molar-refractivity contribution in [3.8, 4) is 0 Å². The van der Waals surface area contributed by atoms with Crippen LogP contribution in [0, 0.1) is 11.8 Å². The third kappa shape index (κ3) is 8.52. The van der Waals surface area contributed by atoms with Crippen LogP contribution in [0.15, 0.2) is 60.9 Å². The van der Waals surface area contributed by atoms with Crippen LogP contribution in [0.2, 0.25) is 0 Å². The van der Waals surface area contributed by atoms with Gasteiger partial charge in [-0.25, -0.2) is 9.59 Å². The van der Waals surface area contributed by atoms with Crippen molar-refractivity contribution < 1.29 is 38.6 Å². The van der Waals surface area contributed by atoms with Crippen molar-refractivity contribution in [1.29, 1.82) is 0 Å². The van der Waals surface area contributed by atoms with Gasteiger partial charge in [0, 0.05) is 37.8 Å². The number of amides is 5. The average molecular weight is 729 g/mol. The number of benzene rings is 1. The van der Waals surface area contributed by atoms with E-state index < -0.39 is 71.4 Å². The summed E-state index contributed by atoms with van der Waals surface area (Å²) in [5.74, 6) is -4.15. The fraction of sp³-hybridized carbons (Fsp3) is 0.513. The van der Waals surface area contributed by atoms with Crippen molar-refractivity contribution in [1.82, 2.24) is 30.7 Å². The van der Waals surface area contributed by atoms with E-state index in [1.54, 1.807) is 30.9 Å². The lowest BCUT2D eigenvalue weighted by Gasteiger charge is -2.31. The molecule has 5 amide bonds. The average Bonchev–Trinajstić information content (AvgIpc) is 3.69. The van der Waals surface area contributed by atoms with Crippen LogP contribution in [0.25, 0.3) is 0 Å². The predicted octanol–water partition coefficient (Wildman–Crippen LogP) is 2.97. The van der Waals surface area contributed by atoms with E-state index in [1.807, 2.05) is 36.4 Å². The van der Waals surface area contributed by atoms with E-state index in [1.165, 1.54) is 17.3 Å². The van der Waals surface area contributed by atoms with E-state index in [9.17, 15) is 33.9 Å². The zero-order chi connectivity index (χ0) is 37.7. The molecule has 53 heavy (non-hydrogen) atoms. The number of carboxylic acid groups (broad SMARTS) is 1. The van der Waals surface area contributed by atoms with Crippen LogP contribution in [0.4, 0.5) is 4.79 Å². The Labute approximate surface area is 308 Å². The zero-order valence-electron chi connectivity index (χ0n) is 30.2. The monoisotopic (exact) mass is 728 g/mol. The standard InChI is InChI=1S/C39H48N6O8/c1-24(2)32(42-33(46)26-13-10-17-40-21-26)35(48)41-30-15-7-5-3-4-6-14-28-20-39(28,37(50)51)43-34(47)31-19-29(23-45(31)36(30)49)53-38(52)44-18-16-25-11-8-9-12-27(25)22-44/h6,8-14,17,21,24,28-32H,3-5,7,15-16,18-20,22-23H2,1-2H3,(H,41,48)(H,42,46)(H,43,47)(H,50,51)/b14-6-/t28-,29+,30-,31-,32+,39+/m0/s1. The fourth-order valence-electron chi connectivity index (χ4n) is 7.53. The number of allylic oxidation sites excluding steroid dienone is 1. The van der Waals surface area contributed by atoms with Gasteiger partial charge in [0.2, 0.25) is 17.7 Å². The number of nitrogens with one attached hydrogen (secondary N) is 3. The highest BCUT2D eigenvalue weighted by atomic mass is 16.6. The van der Waals surface area contributed by atoms with Crippen molar-refractivity contribution in [3.05, 3.63) is 77.6 Å². The van der Waals surface area contributed by atoms with Crippen LogP contribution in [0.3, 0.4) is 0 Å². The Morgan fingerprint density at radius 3 is 2.58 bits per heavy atom. The Morgan fingerprint density at radius 1 is 1.06 bits per heavy atom. The summed E-state index contributed by atoms with van der Waals surface area (Å²) in [5, 5.41) is 18.5. The molecule has 1 aromatic heterocycles. The molecule has 0 spiro atoms. The first-order chi connectivity index (χ1) is 25.5. The molecule has 0 radical (unpaired) electrons. The van der Waals surface area contributed by atoms with Crippen molar-refractivity contribution in [3.63, 3.8) is 0 Å². The van der Waals surface area contributed by atoms with Gasteiger partial charge < -0.3 is 35.6 Å². The number of aliphatic carboxylic acids is 1. The van der Waals surface area contributed by atoms with Gasteiger partial charge in [0.25, 0.3) is 5.91 Å². The first-order valence-electron chi connectivity index (χ1n) is 18.5. The molecule has 1 saturated carbocycles. The molecule has 6 atom stereocenters. The molecule has 1 saturated heterocycles. The van der Waals surface area contributed by atoms with Crippen molar-refractivity contribution in [2.45, 2.75) is 102 Å². The summed E-state index contributed by atoms with van der Waals surface area (Å²) in [6.07, 6.45) is 9.20. The van der Waals surface area contributed by atoms with Crippen LogP contribution in [0.1, 0.15) is 80.3 Å². The number of ether oxygens (including phenoxy) is 1. The Morgan fingerprint density at radius 2 is 1.85 bits per heavy atom. The second-order valence-corrected chi connectivity index (χ2v) is 14.8. The van der Waals surface area contributed by atoms with E-state index >= 15 is 0 Å². The van der Waals surface area contributed by atoms with E-state index in [2.05, 4.69) is 20.9 Å². The van der Waals surface area contributed by atoms with Gasteiger partial charge >= 0.3 is 12.1 Å². The number of rotatable bonds is 7. The van der Waals surface area contributed by atoms with Gasteiger partial charge in [0.1, 0.15) is 29.8 Å². The minimum Gasteiger partial charge on any atom is -0.479 e. The number of pyridine rings is 1. The minimum absolute atomic E-state index is 0.0413. The molecule has 1 aromatic carbocycles. The second-order valence-electron chi connectivity index (χ2n) is 14.8. The molecule has 4 aliphatic rings. The number of aromatic nitrogens is 1. The Kier molecular flexibility index (Phi) is 11.4. The summed E-state index contributed by atoms with van der Waals surface area (Å²) in [5.41, 5.74) is 0.965. The normalized spacial score (nSPS) is 27.1. The van der Waals surface area contributed by atoms with Crippen LogP contribution >= 0.6 is 0 Å². The molecule has 0 bridgehead atoms. The molecular formula is C39H48N6O8. The summed E-state index contributed by atoms with van der Waals surface area (Å²) >= 11 is 0. The third-order valence-electron chi connectivity index (χ3n) is 10.8. The zero-order valence-corrected chi connectivity index (χ0v) is 30.2. The lowest BCUT2D eigenvalue weighted by atomic mass is 10.0. The van der Waals surface area contributed by atoms with Gasteiger partial charge in [-0.05, 0) is 61.3 Å².